The number of likely N-dealkylation sites (N-methyl/N-ethyl adjacent to an activating group) is 1. The van der Waals surface area contributed by atoms with Gasteiger partial charge in [-0.1, -0.05) is 74.5 Å². The number of hydrogen-bond donors (Lipinski definition) is 1. The van der Waals surface area contributed by atoms with Crippen molar-refractivity contribution in [1.82, 2.24) is 10.2 Å². The third kappa shape index (κ3) is 6.98. The van der Waals surface area contributed by atoms with Crippen LogP contribution in [0.25, 0.3) is 0 Å². The minimum absolute atomic E-state index is 0.0888. The van der Waals surface area contributed by atoms with Crippen molar-refractivity contribution in [1.29, 1.82) is 0 Å². The van der Waals surface area contributed by atoms with Gasteiger partial charge in [0.2, 0.25) is 11.8 Å². The fourth-order valence-electron chi connectivity index (χ4n) is 4.05. The molecule has 0 radical (unpaired) electrons. The van der Waals surface area contributed by atoms with Crippen molar-refractivity contribution in [2.45, 2.75) is 44.0 Å². The van der Waals surface area contributed by atoms with Crippen LogP contribution in [0.15, 0.2) is 89.8 Å². The molecule has 0 aliphatic carbocycles. The van der Waals surface area contributed by atoms with Gasteiger partial charge < -0.3 is 10.2 Å². The Kier molecular flexibility index (Phi) is 9.47. The van der Waals surface area contributed by atoms with Crippen LogP contribution >= 0.6 is 0 Å². The summed E-state index contributed by atoms with van der Waals surface area (Å²) in [7, 11) is -2.53. The van der Waals surface area contributed by atoms with E-state index in [9.17, 15) is 18.0 Å². The lowest BCUT2D eigenvalue weighted by molar-refractivity contribution is -0.138. The van der Waals surface area contributed by atoms with E-state index in [1.54, 1.807) is 37.3 Å². The molecule has 0 saturated heterocycles. The molecule has 0 saturated carbocycles. The van der Waals surface area contributed by atoms with E-state index in [2.05, 4.69) is 19.2 Å². The number of carbonyl (C=O) groups excluding carboxylic acids is 2. The second-order valence-electron chi connectivity index (χ2n) is 9.18. The van der Waals surface area contributed by atoms with Gasteiger partial charge in [-0.2, -0.15) is 0 Å². The van der Waals surface area contributed by atoms with Crippen LogP contribution in [0.1, 0.15) is 37.8 Å². The van der Waals surface area contributed by atoms with Crippen molar-refractivity contribution in [3.63, 3.8) is 0 Å². The van der Waals surface area contributed by atoms with Gasteiger partial charge in [0.05, 0.1) is 10.6 Å². The third-order valence-corrected chi connectivity index (χ3v) is 8.14. The van der Waals surface area contributed by atoms with Crippen LogP contribution in [0.4, 0.5) is 5.69 Å². The lowest BCUT2D eigenvalue weighted by atomic mass is 10.0. The Labute approximate surface area is 220 Å². The second kappa shape index (κ2) is 12.5. The number of hydrogen-bond acceptors (Lipinski definition) is 4. The van der Waals surface area contributed by atoms with Crippen LogP contribution in [-0.2, 0) is 26.0 Å². The molecule has 1 N–H and O–H groups in total. The highest BCUT2D eigenvalue weighted by Crippen LogP contribution is 2.26. The average Bonchev–Trinajstić information content (AvgIpc) is 2.92. The Morgan fingerprint density at radius 3 is 1.95 bits per heavy atom. The number of sulfonamides is 1. The molecule has 1 atom stereocenters. The Morgan fingerprint density at radius 2 is 1.41 bits per heavy atom. The van der Waals surface area contributed by atoms with E-state index in [0.29, 0.717) is 12.1 Å². The van der Waals surface area contributed by atoms with Crippen molar-refractivity contribution in [3.05, 3.63) is 96.1 Å². The molecule has 3 rings (SSSR count). The minimum atomic E-state index is -4.05. The molecule has 0 fully saturated rings. The van der Waals surface area contributed by atoms with E-state index in [1.807, 2.05) is 42.5 Å². The summed E-state index contributed by atoms with van der Waals surface area (Å²) in [6.45, 7) is 5.59. The average molecular weight is 522 g/mol. The quantitative estimate of drug-likeness (QED) is 0.410. The van der Waals surface area contributed by atoms with Crippen LogP contribution in [0.5, 0.6) is 0 Å². The summed E-state index contributed by atoms with van der Waals surface area (Å²) in [5.74, 6) is -0.503. The first-order valence-corrected chi connectivity index (χ1v) is 13.8. The number of rotatable bonds is 11. The van der Waals surface area contributed by atoms with Gasteiger partial charge in [-0.3, -0.25) is 13.9 Å². The molecule has 3 aromatic carbocycles. The molecule has 0 aliphatic heterocycles. The molecule has 1 unspecified atom stereocenters. The maximum atomic E-state index is 13.7. The molecule has 37 heavy (non-hydrogen) atoms. The molecule has 196 valence electrons. The third-order valence-electron chi connectivity index (χ3n) is 6.36. The first kappa shape index (κ1) is 27.9. The van der Waals surface area contributed by atoms with Crippen LogP contribution in [0.3, 0.4) is 0 Å². The molecule has 3 aromatic rings. The maximum Gasteiger partial charge on any atom is 0.264 e. The Bertz CT molecular complexity index is 1280. The summed E-state index contributed by atoms with van der Waals surface area (Å²) in [5.41, 5.74) is 2.46. The smallest absolute Gasteiger partial charge is 0.264 e. The van der Waals surface area contributed by atoms with Gasteiger partial charge in [-0.05, 0) is 54.7 Å². The Morgan fingerprint density at radius 1 is 0.838 bits per heavy atom. The van der Waals surface area contributed by atoms with Gasteiger partial charge in [0.25, 0.3) is 10.0 Å². The van der Waals surface area contributed by atoms with E-state index in [-0.39, 0.29) is 23.3 Å². The van der Waals surface area contributed by atoms with Gasteiger partial charge >= 0.3 is 0 Å². The van der Waals surface area contributed by atoms with E-state index in [1.165, 1.54) is 24.1 Å². The molecule has 0 aliphatic rings. The first-order chi connectivity index (χ1) is 17.6. The Balaban J connectivity index is 1.97. The van der Waals surface area contributed by atoms with Crippen molar-refractivity contribution < 1.29 is 18.0 Å². The van der Waals surface area contributed by atoms with Crippen molar-refractivity contribution in [2.24, 2.45) is 0 Å². The highest BCUT2D eigenvalue weighted by Gasteiger charge is 2.32. The highest BCUT2D eigenvalue weighted by atomic mass is 32.2. The predicted molar refractivity (Wildman–Crippen MR) is 147 cm³/mol. The molecule has 2 amide bonds. The molecule has 8 heteroatoms. The second-order valence-corrected chi connectivity index (χ2v) is 11.0. The number of benzene rings is 3. The summed E-state index contributed by atoms with van der Waals surface area (Å²) in [6.07, 6.45) is 0.530. The minimum Gasteiger partial charge on any atom is -0.357 e. The molecule has 0 spiro atoms. The van der Waals surface area contributed by atoms with Crippen LogP contribution in [0.2, 0.25) is 0 Å². The van der Waals surface area contributed by atoms with Crippen molar-refractivity contribution >= 4 is 27.5 Å². The summed E-state index contributed by atoms with van der Waals surface area (Å²) < 4.78 is 28.6. The zero-order valence-electron chi connectivity index (χ0n) is 21.8. The zero-order chi connectivity index (χ0) is 27.0. The molecule has 7 nitrogen and oxygen atoms in total. The lowest BCUT2D eigenvalue weighted by Crippen LogP contribution is -2.51. The molecular weight excluding hydrogens is 486 g/mol. The zero-order valence-corrected chi connectivity index (χ0v) is 22.6. The number of anilines is 1. The summed E-state index contributed by atoms with van der Waals surface area (Å²) in [6, 6.07) is 24.1. The normalized spacial score (nSPS) is 12.1. The van der Waals surface area contributed by atoms with Crippen LogP contribution in [0, 0.1) is 0 Å². The van der Waals surface area contributed by atoms with E-state index < -0.39 is 28.5 Å². The van der Waals surface area contributed by atoms with Crippen molar-refractivity contribution in [2.75, 3.05) is 24.4 Å². The molecule has 0 aromatic heterocycles. The van der Waals surface area contributed by atoms with Crippen molar-refractivity contribution in [3.8, 4) is 0 Å². The van der Waals surface area contributed by atoms with E-state index in [4.69, 9.17) is 0 Å². The highest BCUT2D eigenvalue weighted by molar-refractivity contribution is 7.92. The fourth-order valence-corrected chi connectivity index (χ4v) is 5.49. The van der Waals surface area contributed by atoms with Gasteiger partial charge in [-0.15, -0.1) is 0 Å². The Hall–Kier alpha value is -3.65. The van der Waals surface area contributed by atoms with Gasteiger partial charge in [0.15, 0.2) is 0 Å². The van der Waals surface area contributed by atoms with Crippen LogP contribution < -0.4 is 9.62 Å². The topological polar surface area (TPSA) is 86.8 Å². The number of nitrogens with one attached hydrogen (secondary N) is 1. The first-order valence-electron chi connectivity index (χ1n) is 12.4. The fraction of sp³-hybridized carbons (Fsp3) is 0.310. The number of amides is 2. The molecule has 0 bridgehead atoms. The molecule has 0 heterocycles. The SMILES string of the molecule is CNC(=O)C(C)N(CCc1ccccc1)C(=O)CN(c1ccc(C(C)C)cc1)S(=O)(=O)c1ccccc1. The summed E-state index contributed by atoms with van der Waals surface area (Å²) in [4.78, 5) is 27.7. The lowest BCUT2D eigenvalue weighted by Gasteiger charge is -2.31. The maximum absolute atomic E-state index is 13.7. The van der Waals surface area contributed by atoms with Gasteiger partial charge in [0, 0.05) is 13.6 Å². The standard InChI is InChI=1S/C29H35N3O4S/c1-22(2)25-15-17-26(18-16-25)32(37(35,36)27-13-9-6-10-14-27)21-28(33)31(23(3)29(34)30-4)20-19-24-11-7-5-8-12-24/h5-18,22-23H,19-21H2,1-4H3,(H,30,34). The van der Waals surface area contributed by atoms with E-state index in [0.717, 1.165) is 15.4 Å². The predicted octanol–water partition coefficient (Wildman–Crippen LogP) is 4.21. The largest absolute Gasteiger partial charge is 0.357 e. The summed E-state index contributed by atoms with van der Waals surface area (Å²) in [5, 5.41) is 2.59. The summed E-state index contributed by atoms with van der Waals surface area (Å²) >= 11 is 0. The van der Waals surface area contributed by atoms with Gasteiger partial charge in [0.1, 0.15) is 12.6 Å². The molecular formula is C29H35N3O4S. The number of nitrogens with zero attached hydrogens (tertiary/aromatic N) is 2. The monoisotopic (exact) mass is 521 g/mol. The van der Waals surface area contributed by atoms with E-state index >= 15 is 0 Å². The van der Waals surface area contributed by atoms with Crippen LogP contribution in [-0.4, -0.2) is 51.3 Å². The van der Waals surface area contributed by atoms with Gasteiger partial charge in [-0.25, -0.2) is 8.42 Å². The number of carbonyl (C=O) groups is 2.